The molecular weight excluding hydrogens is 456 g/mol. The van der Waals surface area contributed by atoms with Gasteiger partial charge in [-0.15, -0.1) is 0 Å². The second kappa shape index (κ2) is 6.74. The second-order valence-electron chi connectivity index (χ2n) is 8.97. The molecule has 156 valence electrons. The first-order valence-electron chi connectivity index (χ1n) is 9.98. The van der Waals surface area contributed by atoms with Crippen LogP contribution in [-0.2, 0) is 15.1 Å². The molecule has 5 rings (SSSR count). The van der Waals surface area contributed by atoms with Crippen molar-refractivity contribution in [2.24, 2.45) is 11.3 Å². The number of methoxy groups -OCH3 is 1. The molecule has 1 aromatic carbocycles. The number of carbonyl (C=O) groups excluding carboxylic acids is 2. The van der Waals surface area contributed by atoms with E-state index in [2.05, 4.69) is 35.1 Å². The maximum absolute atomic E-state index is 13.2. The third-order valence-electron chi connectivity index (χ3n) is 7.19. The molecule has 1 aliphatic heterocycles. The van der Waals surface area contributed by atoms with E-state index in [9.17, 15) is 9.59 Å². The van der Waals surface area contributed by atoms with Crippen molar-refractivity contribution in [3.05, 3.63) is 45.0 Å². The first-order valence-corrected chi connectivity index (χ1v) is 11.2. The Morgan fingerprint density at radius 3 is 2.59 bits per heavy atom. The lowest BCUT2D eigenvalue weighted by Crippen LogP contribution is -2.78. The van der Waals surface area contributed by atoms with Crippen molar-refractivity contribution in [2.75, 3.05) is 7.11 Å². The number of carbonyl (C=O) groups is 2. The first-order chi connectivity index (χ1) is 13.6. The Balaban J connectivity index is 1.70. The number of nitrogens with zero attached hydrogens (tertiary/aromatic N) is 1. The van der Waals surface area contributed by atoms with Gasteiger partial charge in [-0.3, -0.25) is 9.69 Å². The predicted molar refractivity (Wildman–Crippen MR) is 115 cm³/mol. The highest BCUT2D eigenvalue weighted by Gasteiger charge is 2.75. The molecule has 2 bridgehead atoms. The third kappa shape index (κ3) is 2.86. The van der Waals surface area contributed by atoms with Crippen LogP contribution in [-0.4, -0.2) is 29.5 Å². The molecule has 3 aliphatic carbocycles. The summed E-state index contributed by atoms with van der Waals surface area (Å²) in [6.45, 7) is 6.37. The van der Waals surface area contributed by atoms with Crippen molar-refractivity contribution in [3.8, 4) is 0 Å². The van der Waals surface area contributed by atoms with Crippen molar-refractivity contribution in [1.82, 2.24) is 10.2 Å². The number of rotatable bonds is 5. The summed E-state index contributed by atoms with van der Waals surface area (Å²) in [4.78, 5) is 27.1. The number of ether oxygens (including phenoxy) is 1. The summed E-state index contributed by atoms with van der Waals surface area (Å²) >= 11 is 9.80. The van der Waals surface area contributed by atoms with Crippen LogP contribution in [0.15, 0.2) is 34.4 Å². The van der Waals surface area contributed by atoms with E-state index >= 15 is 0 Å². The zero-order valence-electron chi connectivity index (χ0n) is 17.1. The average molecular weight is 482 g/mol. The molecular formula is C22H26BrClN2O3. The lowest BCUT2D eigenvalue weighted by Gasteiger charge is -2.71. The maximum atomic E-state index is 13.2. The maximum Gasteiger partial charge on any atom is 0.322 e. The minimum atomic E-state index is -0.642. The largest absolute Gasteiger partial charge is 0.469 e. The van der Waals surface area contributed by atoms with Gasteiger partial charge in [-0.25, -0.2) is 4.79 Å². The predicted octanol–water partition coefficient (Wildman–Crippen LogP) is 5.37. The monoisotopic (exact) mass is 480 g/mol. The Bertz CT molecular complexity index is 911. The van der Waals surface area contributed by atoms with Gasteiger partial charge >= 0.3 is 12.0 Å². The summed E-state index contributed by atoms with van der Waals surface area (Å²) in [5.41, 5.74) is 0.801. The molecule has 1 heterocycles. The van der Waals surface area contributed by atoms with Crippen molar-refractivity contribution >= 4 is 39.5 Å². The summed E-state index contributed by atoms with van der Waals surface area (Å²) in [6, 6.07) is 5.69. The molecule has 0 saturated heterocycles. The molecule has 1 aromatic rings. The Morgan fingerprint density at radius 2 is 2.03 bits per heavy atom. The number of hydrogen-bond donors (Lipinski definition) is 1. The highest BCUT2D eigenvalue weighted by molar-refractivity contribution is 9.10. The molecule has 0 radical (unpaired) electrons. The molecule has 1 N–H and O–H groups in total. The van der Waals surface area contributed by atoms with Crippen LogP contribution < -0.4 is 5.32 Å². The first kappa shape index (κ1) is 20.7. The SMILES string of the molecule is CCC(C)C1=CN(C23CC(C(=O)OC)(C2)C3)C(=O)N[C@@]1(C)c1ccc(Br)c(Cl)c1. The number of urea groups is 1. The topological polar surface area (TPSA) is 58.6 Å². The van der Waals surface area contributed by atoms with E-state index in [1.54, 1.807) is 0 Å². The molecule has 4 aliphatic rings. The van der Waals surface area contributed by atoms with Gasteiger partial charge in [0.2, 0.25) is 0 Å². The lowest BCUT2D eigenvalue weighted by atomic mass is 9.38. The van der Waals surface area contributed by atoms with E-state index in [-0.39, 0.29) is 28.9 Å². The normalized spacial score (nSPS) is 33.8. The van der Waals surface area contributed by atoms with Gasteiger partial charge in [0.1, 0.15) is 0 Å². The smallest absolute Gasteiger partial charge is 0.322 e. The number of halogens is 2. The molecule has 2 atom stereocenters. The quantitative estimate of drug-likeness (QED) is 0.575. The van der Waals surface area contributed by atoms with E-state index in [0.717, 1.165) is 22.0 Å². The molecule has 7 heteroatoms. The van der Waals surface area contributed by atoms with Crippen molar-refractivity contribution in [2.45, 2.75) is 57.5 Å². The van der Waals surface area contributed by atoms with Crippen molar-refractivity contribution in [1.29, 1.82) is 0 Å². The summed E-state index contributed by atoms with van der Waals surface area (Å²) in [5, 5.41) is 3.87. The van der Waals surface area contributed by atoms with Gasteiger partial charge in [0, 0.05) is 10.7 Å². The Kier molecular flexibility index (Phi) is 4.82. The van der Waals surface area contributed by atoms with Gasteiger partial charge in [0.15, 0.2) is 0 Å². The summed E-state index contributed by atoms with van der Waals surface area (Å²) in [6.07, 6.45) is 5.00. The molecule has 1 unspecified atom stereocenters. The van der Waals surface area contributed by atoms with Gasteiger partial charge in [-0.1, -0.05) is 31.5 Å². The van der Waals surface area contributed by atoms with E-state index in [1.165, 1.54) is 7.11 Å². The van der Waals surface area contributed by atoms with Crippen LogP contribution in [0.4, 0.5) is 4.79 Å². The van der Waals surface area contributed by atoms with E-state index in [4.69, 9.17) is 16.3 Å². The van der Waals surface area contributed by atoms with Crippen LogP contribution in [0, 0.1) is 11.3 Å². The minimum Gasteiger partial charge on any atom is -0.469 e. The number of hydrogen-bond acceptors (Lipinski definition) is 3. The fourth-order valence-corrected chi connectivity index (χ4v) is 5.76. The fraction of sp³-hybridized carbons (Fsp3) is 0.545. The summed E-state index contributed by atoms with van der Waals surface area (Å²) < 4.78 is 5.78. The molecule has 3 fully saturated rings. The van der Waals surface area contributed by atoms with Gasteiger partial charge in [0.05, 0.1) is 28.6 Å². The van der Waals surface area contributed by atoms with Crippen LogP contribution in [0.2, 0.25) is 5.02 Å². The summed E-state index contributed by atoms with van der Waals surface area (Å²) in [5.74, 6) is 0.115. The fourth-order valence-electron chi connectivity index (χ4n) is 5.33. The standard InChI is InChI=1S/C22H26BrClN2O3/c1-5-13(2)15-9-26(22-10-21(11-22,12-22)18(27)29-4)19(28)25-20(15,3)14-6-7-16(23)17(24)8-14/h6-9,13H,5,10-12H2,1-4H3,(H,25,28)/t13?,20-,21?,22?/m0/s1. The van der Waals surface area contributed by atoms with E-state index in [0.29, 0.717) is 24.3 Å². The number of amides is 2. The Morgan fingerprint density at radius 1 is 1.38 bits per heavy atom. The Hall–Kier alpha value is -1.53. The number of benzene rings is 1. The number of nitrogens with one attached hydrogen (secondary N) is 1. The average Bonchev–Trinajstić information content (AvgIpc) is 2.62. The van der Waals surface area contributed by atoms with E-state index < -0.39 is 5.54 Å². The van der Waals surface area contributed by atoms with Crippen molar-refractivity contribution in [3.63, 3.8) is 0 Å². The molecule has 29 heavy (non-hydrogen) atoms. The molecule has 2 amide bonds. The Labute approximate surface area is 184 Å². The molecule has 0 aromatic heterocycles. The highest BCUT2D eigenvalue weighted by atomic mass is 79.9. The molecule has 3 saturated carbocycles. The van der Waals surface area contributed by atoms with Gasteiger partial charge in [-0.05, 0) is 77.7 Å². The van der Waals surface area contributed by atoms with Crippen LogP contribution in [0.25, 0.3) is 0 Å². The highest BCUT2D eigenvalue weighted by Crippen LogP contribution is 2.70. The minimum absolute atomic E-state index is 0.128. The summed E-state index contributed by atoms with van der Waals surface area (Å²) in [7, 11) is 1.43. The van der Waals surface area contributed by atoms with Gasteiger partial charge < -0.3 is 10.1 Å². The van der Waals surface area contributed by atoms with Crippen LogP contribution in [0.1, 0.15) is 52.0 Å². The molecule has 5 nitrogen and oxygen atoms in total. The van der Waals surface area contributed by atoms with Crippen LogP contribution >= 0.6 is 27.5 Å². The third-order valence-corrected chi connectivity index (χ3v) is 8.43. The second-order valence-corrected chi connectivity index (χ2v) is 10.2. The zero-order valence-corrected chi connectivity index (χ0v) is 19.5. The van der Waals surface area contributed by atoms with E-state index in [1.807, 2.05) is 36.2 Å². The number of esters is 1. The lowest BCUT2D eigenvalue weighted by molar-refractivity contribution is -0.218. The van der Waals surface area contributed by atoms with Crippen LogP contribution in [0.5, 0.6) is 0 Å². The van der Waals surface area contributed by atoms with Gasteiger partial charge in [-0.2, -0.15) is 0 Å². The molecule has 0 spiro atoms. The van der Waals surface area contributed by atoms with Crippen molar-refractivity contribution < 1.29 is 14.3 Å². The van der Waals surface area contributed by atoms with Crippen LogP contribution in [0.3, 0.4) is 0 Å². The zero-order chi connectivity index (χ0) is 21.2. The van der Waals surface area contributed by atoms with Gasteiger partial charge in [0.25, 0.3) is 0 Å².